The van der Waals surface area contributed by atoms with E-state index in [4.69, 9.17) is 4.74 Å². The molecule has 0 aromatic rings. The van der Waals surface area contributed by atoms with Gasteiger partial charge in [-0.05, 0) is 19.8 Å². The third-order valence-electron chi connectivity index (χ3n) is 6.26. The standard InChI is InChI=1S/C15H24O5/c1-7-8-4-5-14(2)9(16)6-10(17)15(3,19)12(14)11(8)20-13(7)18/h7-12,16-17,19H,4-6H2,1-3H3/t7-,8-,9-,10-,11-,12?,14+,15-/m0/s1. The van der Waals surface area contributed by atoms with Gasteiger partial charge in [-0.1, -0.05) is 13.8 Å². The number of aliphatic hydroxyl groups excluding tert-OH is 2. The molecule has 2 aliphatic carbocycles. The molecule has 3 N–H and O–H groups in total. The largest absolute Gasteiger partial charge is 0.461 e. The molecular weight excluding hydrogens is 260 g/mol. The Bertz CT molecular complexity index is 434. The van der Waals surface area contributed by atoms with Gasteiger partial charge in [0.05, 0.1) is 23.7 Å². The van der Waals surface area contributed by atoms with E-state index in [2.05, 4.69) is 0 Å². The average molecular weight is 284 g/mol. The second kappa shape index (κ2) is 4.18. The van der Waals surface area contributed by atoms with Crippen molar-refractivity contribution in [3.63, 3.8) is 0 Å². The van der Waals surface area contributed by atoms with Gasteiger partial charge in [-0.15, -0.1) is 0 Å². The highest BCUT2D eigenvalue weighted by molar-refractivity contribution is 5.75. The van der Waals surface area contributed by atoms with Gasteiger partial charge in [-0.2, -0.15) is 0 Å². The van der Waals surface area contributed by atoms with E-state index >= 15 is 0 Å². The number of aliphatic hydroxyl groups is 3. The Kier molecular flexibility index (Phi) is 2.99. The van der Waals surface area contributed by atoms with E-state index in [1.165, 1.54) is 0 Å². The molecule has 5 heteroatoms. The molecule has 5 nitrogen and oxygen atoms in total. The maximum atomic E-state index is 11.9. The van der Waals surface area contributed by atoms with E-state index in [1.807, 2.05) is 13.8 Å². The van der Waals surface area contributed by atoms with Crippen molar-refractivity contribution in [2.75, 3.05) is 0 Å². The van der Waals surface area contributed by atoms with Gasteiger partial charge in [0.15, 0.2) is 0 Å². The second-order valence-electron chi connectivity index (χ2n) is 7.37. The van der Waals surface area contributed by atoms with Crippen LogP contribution in [0.15, 0.2) is 0 Å². The van der Waals surface area contributed by atoms with Crippen molar-refractivity contribution in [2.45, 2.75) is 63.9 Å². The summed E-state index contributed by atoms with van der Waals surface area (Å²) in [6, 6.07) is 0. The van der Waals surface area contributed by atoms with E-state index in [0.29, 0.717) is 0 Å². The Balaban J connectivity index is 2.04. The van der Waals surface area contributed by atoms with Crippen molar-refractivity contribution in [1.82, 2.24) is 0 Å². The number of carbonyl (C=O) groups is 1. The minimum Gasteiger partial charge on any atom is -0.461 e. The lowest BCUT2D eigenvalue weighted by atomic mass is 9.50. The van der Waals surface area contributed by atoms with E-state index < -0.39 is 35.2 Å². The zero-order chi connectivity index (χ0) is 14.9. The quantitative estimate of drug-likeness (QED) is 0.562. The summed E-state index contributed by atoms with van der Waals surface area (Å²) in [4.78, 5) is 11.9. The van der Waals surface area contributed by atoms with Gasteiger partial charge in [-0.25, -0.2) is 0 Å². The molecule has 1 aliphatic heterocycles. The molecule has 2 saturated carbocycles. The van der Waals surface area contributed by atoms with E-state index in [0.717, 1.165) is 12.8 Å². The molecule has 114 valence electrons. The lowest BCUT2D eigenvalue weighted by Gasteiger charge is -2.59. The zero-order valence-corrected chi connectivity index (χ0v) is 12.2. The third kappa shape index (κ3) is 1.63. The number of esters is 1. The van der Waals surface area contributed by atoms with Crippen LogP contribution in [0.3, 0.4) is 0 Å². The summed E-state index contributed by atoms with van der Waals surface area (Å²) < 4.78 is 5.52. The molecule has 0 spiro atoms. The summed E-state index contributed by atoms with van der Waals surface area (Å²) in [5, 5.41) is 31.4. The van der Waals surface area contributed by atoms with Gasteiger partial charge in [-0.3, -0.25) is 4.79 Å². The van der Waals surface area contributed by atoms with Crippen molar-refractivity contribution >= 4 is 5.97 Å². The minimum atomic E-state index is -1.35. The summed E-state index contributed by atoms with van der Waals surface area (Å²) in [5.41, 5.74) is -1.87. The second-order valence-corrected chi connectivity index (χ2v) is 7.37. The first kappa shape index (κ1) is 14.3. The molecule has 0 amide bonds. The van der Waals surface area contributed by atoms with Crippen molar-refractivity contribution in [3.05, 3.63) is 0 Å². The van der Waals surface area contributed by atoms with Crippen LogP contribution >= 0.6 is 0 Å². The van der Waals surface area contributed by atoms with Crippen molar-refractivity contribution in [1.29, 1.82) is 0 Å². The average Bonchev–Trinajstić information content (AvgIpc) is 2.62. The normalized spacial score (nSPS) is 58.8. The third-order valence-corrected chi connectivity index (χ3v) is 6.26. The Hall–Kier alpha value is -0.650. The SMILES string of the molecule is C[C@@H]1C(=O)O[C@@H]2C3[C@](C)(CC[C@@H]12)[C@@H](O)C[C@H](O)[C@]3(C)O. The Morgan fingerprint density at radius 1 is 1.25 bits per heavy atom. The monoisotopic (exact) mass is 284 g/mol. The first-order valence-corrected chi connectivity index (χ1v) is 7.48. The van der Waals surface area contributed by atoms with Crippen LogP contribution in [0, 0.1) is 23.2 Å². The lowest BCUT2D eigenvalue weighted by molar-refractivity contribution is -0.249. The molecule has 0 aromatic heterocycles. The molecule has 3 aliphatic rings. The summed E-state index contributed by atoms with van der Waals surface area (Å²) in [7, 11) is 0. The first-order valence-electron chi connectivity index (χ1n) is 7.48. The zero-order valence-electron chi connectivity index (χ0n) is 12.2. The van der Waals surface area contributed by atoms with Crippen LogP contribution in [0.25, 0.3) is 0 Å². The number of hydrogen-bond donors (Lipinski definition) is 3. The van der Waals surface area contributed by atoms with Gasteiger partial charge in [0.25, 0.3) is 0 Å². The smallest absolute Gasteiger partial charge is 0.309 e. The predicted octanol–water partition coefficient (Wildman–Crippen LogP) is 0.457. The predicted molar refractivity (Wildman–Crippen MR) is 70.6 cm³/mol. The fourth-order valence-electron chi connectivity index (χ4n) is 4.83. The molecule has 3 rings (SSSR count). The summed E-state index contributed by atoms with van der Waals surface area (Å²) >= 11 is 0. The lowest BCUT2D eigenvalue weighted by Crippen LogP contribution is -2.67. The number of carbonyl (C=O) groups excluding carboxylic acids is 1. The maximum absolute atomic E-state index is 11.9. The molecule has 0 radical (unpaired) electrons. The highest BCUT2D eigenvalue weighted by Crippen LogP contribution is 2.58. The molecule has 1 saturated heterocycles. The molecule has 0 bridgehead atoms. The fourth-order valence-corrected chi connectivity index (χ4v) is 4.83. The van der Waals surface area contributed by atoms with Crippen LogP contribution in [0.4, 0.5) is 0 Å². The Labute approximate surface area is 118 Å². The van der Waals surface area contributed by atoms with E-state index in [9.17, 15) is 20.1 Å². The summed E-state index contributed by atoms with van der Waals surface area (Å²) in [6.07, 6.45) is -0.364. The van der Waals surface area contributed by atoms with Crippen molar-refractivity contribution in [2.24, 2.45) is 23.2 Å². The van der Waals surface area contributed by atoms with Crippen LogP contribution in [-0.4, -0.2) is 45.2 Å². The number of rotatable bonds is 0. The van der Waals surface area contributed by atoms with Crippen molar-refractivity contribution < 1.29 is 24.9 Å². The van der Waals surface area contributed by atoms with Crippen LogP contribution in [0.5, 0.6) is 0 Å². The first-order chi connectivity index (χ1) is 9.19. The summed E-state index contributed by atoms with van der Waals surface area (Å²) in [5.74, 6) is -0.753. The fraction of sp³-hybridized carbons (Fsp3) is 0.933. The highest BCUT2D eigenvalue weighted by Gasteiger charge is 2.66. The molecule has 20 heavy (non-hydrogen) atoms. The Morgan fingerprint density at radius 3 is 2.55 bits per heavy atom. The number of hydrogen-bond acceptors (Lipinski definition) is 5. The molecule has 8 atom stereocenters. The van der Waals surface area contributed by atoms with Crippen LogP contribution in [-0.2, 0) is 9.53 Å². The van der Waals surface area contributed by atoms with Gasteiger partial charge < -0.3 is 20.1 Å². The minimum absolute atomic E-state index is 0.0737. The van der Waals surface area contributed by atoms with Gasteiger partial charge >= 0.3 is 5.97 Å². The van der Waals surface area contributed by atoms with Crippen LogP contribution in [0.2, 0.25) is 0 Å². The van der Waals surface area contributed by atoms with E-state index in [-0.39, 0.29) is 24.2 Å². The maximum Gasteiger partial charge on any atom is 0.309 e. The van der Waals surface area contributed by atoms with Crippen LogP contribution < -0.4 is 0 Å². The van der Waals surface area contributed by atoms with Gasteiger partial charge in [0.2, 0.25) is 0 Å². The molecular formula is C15H24O5. The highest BCUT2D eigenvalue weighted by atomic mass is 16.6. The number of ether oxygens (including phenoxy) is 1. The molecule has 3 fully saturated rings. The van der Waals surface area contributed by atoms with Crippen molar-refractivity contribution in [3.8, 4) is 0 Å². The van der Waals surface area contributed by atoms with Gasteiger partial charge in [0.1, 0.15) is 6.10 Å². The molecule has 0 aromatic carbocycles. The summed E-state index contributed by atoms with van der Waals surface area (Å²) in [6.45, 7) is 5.40. The van der Waals surface area contributed by atoms with Crippen LogP contribution in [0.1, 0.15) is 40.0 Å². The number of fused-ring (bicyclic) bond motifs is 3. The van der Waals surface area contributed by atoms with E-state index in [1.54, 1.807) is 6.92 Å². The van der Waals surface area contributed by atoms with Gasteiger partial charge in [0, 0.05) is 23.7 Å². The Morgan fingerprint density at radius 2 is 1.90 bits per heavy atom. The molecule has 1 heterocycles. The molecule has 1 unspecified atom stereocenters. The topological polar surface area (TPSA) is 87.0 Å².